The lowest BCUT2D eigenvalue weighted by Gasteiger charge is -2.27. The number of thioether (sulfide) groups is 1. The van der Waals surface area contributed by atoms with Crippen molar-refractivity contribution in [3.63, 3.8) is 0 Å². The summed E-state index contributed by atoms with van der Waals surface area (Å²) in [5.41, 5.74) is 0. The zero-order valence-electron chi connectivity index (χ0n) is 18.7. The van der Waals surface area contributed by atoms with E-state index in [0.29, 0.717) is 6.42 Å². The zero-order chi connectivity index (χ0) is 22.0. The first-order valence-electron chi connectivity index (χ1n) is 11.0. The Morgan fingerprint density at radius 1 is 1.03 bits per heavy atom. The third kappa shape index (κ3) is 12.5. The Bertz CT molecular complexity index is 535. The van der Waals surface area contributed by atoms with E-state index in [-0.39, 0.29) is 6.61 Å². The summed E-state index contributed by atoms with van der Waals surface area (Å²) in [6, 6.07) is 0. The number of ether oxygens (including phenoxy) is 1. The third-order valence-corrected chi connectivity index (χ3v) is 8.52. The highest BCUT2D eigenvalue weighted by atomic mass is 32.2. The van der Waals surface area contributed by atoms with E-state index in [9.17, 15) is 14.0 Å². The molecule has 0 bridgehead atoms. The topological polar surface area (TPSA) is 72.8 Å². The summed E-state index contributed by atoms with van der Waals surface area (Å²) >= 11 is 1.37. The van der Waals surface area contributed by atoms with Gasteiger partial charge in [0.05, 0.1) is 6.10 Å². The predicted molar refractivity (Wildman–Crippen MR) is 125 cm³/mol. The maximum Gasteiger partial charge on any atom is 0.384 e. The van der Waals surface area contributed by atoms with Crippen molar-refractivity contribution in [1.82, 2.24) is 0 Å². The Morgan fingerprint density at radius 3 is 2.07 bits per heavy atom. The third-order valence-electron chi connectivity index (χ3n) is 4.64. The van der Waals surface area contributed by atoms with Crippen LogP contribution in [0.5, 0.6) is 0 Å². The van der Waals surface area contributed by atoms with Crippen molar-refractivity contribution in [2.75, 3.05) is 12.4 Å². The van der Waals surface area contributed by atoms with Crippen molar-refractivity contribution in [3.8, 4) is 11.2 Å². The molecule has 170 valence electrons. The molecule has 29 heavy (non-hydrogen) atoms. The molecule has 0 spiro atoms. The number of unbranched alkanes of at least 4 members (excludes halogenated alkanes) is 9. The van der Waals surface area contributed by atoms with Crippen molar-refractivity contribution < 1.29 is 23.3 Å². The van der Waals surface area contributed by atoms with Crippen LogP contribution in [0.3, 0.4) is 0 Å². The molecule has 0 aliphatic rings. The number of hydrogen-bond donors (Lipinski definition) is 1. The smallest absolute Gasteiger partial charge is 0.343 e. The average molecular weight is 467 g/mol. The molecular formula is C21H40O5P2S. The van der Waals surface area contributed by atoms with Crippen molar-refractivity contribution in [2.24, 2.45) is 0 Å². The molecule has 0 aromatic heterocycles. The SMILES string of the molecule is CCCCCCCCCCCCSC#CC(OCC)(P=O)P(=O)(O)OC(C)CC. The summed E-state index contributed by atoms with van der Waals surface area (Å²) in [5, 5.41) is 0.795. The first-order chi connectivity index (χ1) is 13.9. The van der Waals surface area contributed by atoms with Gasteiger partial charge in [-0.15, -0.1) is 0 Å². The van der Waals surface area contributed by atoms with Crippen LogP contribution >= 0.6 is 27.8 Å². The highest BCUT2D eigenvalue weighted by Crippen LogP contribution is 2.62. The molecule has 0 saturated carbocycles. The van der Waals surface area contributed by atoms with Crippen LogP contribution in [-0.4, -0.2) is 28.4 Å². The lowest BCUT2D eigenvalue weighted by molar-refractivity contribution is 0.0825. The van der Waals surface area contributed by atoms with Crippen LogP contribution in [0.1, 0.15) is 98.3 Å². The van der Waals surface area contributed by atoms with Gasteiger partial charge in [-0.25, -0.2) is 0 Å². The highest BCUT2D eigenvalue weighted by molar-refractivity contribution is 8.03. The van der Waals surface area contributed by atoms with E-state index in [1.54, 1.807) is 13.8 Å². The second kappa shape index (κ2) is 17.8. The van der Waals surface area contributed by atoms with Gasteiger partial charge in [0, 0.05) is 12.4 Å². The molecule has 0 aliphatic carbocycles. The molecule has 3 unspecified atom stereocenters. The maximum absolute atomic E-state index is 12.7. The quantitative estimate of drug-likeness (QED) is 0.127. The Morgan fingerprint density at radius 2 is 1.59 bits per heavy atom. The van der Waals surface area contributed by atoms with E-state index in [1.807, 2.05) is 6.92 Å². The molecule has 0 aliphatic heterocycles. The lowest BCUT2D eigenvalue weighted by Crippen LogP contribution is -2.27. The van der Waals surface area contributed by atoms with Crippen LogP contribution in [0.2, 0.25) is 0 Å². The van der Waals surface area contributed by atoms with Crippen LogP contribution in [0.25, 0.3) is 0 Å². The van der Waals surface area contributed by atoms with Crippen LogP contribution < -0.4 is 0 Å². The summed E-state index contributed by atoms with van der Waals surface area (Å²) in [7, 11) is -5.00. The monoisotopic (exact) mass is 466 g/mol. The van der Waals surface area contributed by atoms with Crippen molar-refractivity contribution in [2.45, 2.75) is 110 Å². The number of hydrogen-bond acceptors (Lipinski definition) is 5. The van der Waals surface area contributed by atoms with Crippen molar-refractivity contribution >= 4 is 27.8 Å². The van der Waals surface area contributed by atoms with Gasteiger partial charge in [-0.1, -0.05) is 83.4 Å². The fourth-order valence-corrected chi connectivity index (χ4v) is 5.62. The summed E-state index contributed by atoms with van der Waals surface area (Å²) in [6.07, 6.45) is 12.9. The van der Waals surface area contributed by atoms with Gasteiger partial charge >= 0.3 is 12.7 Å². The summed E-state index contributed by atoms with van der Waals surface area (Å²) < 4.78 is 35.0. The molecule has 0 amide bonds. The average Bonchev–Trinajstić information content (AvgIpc) is 2.70. The van der Waals surface area contributed by atoms with Crippen LogP contribution in [0, 0.1) is 11.2 Å². The summed E-state index contributed by atoms with van der Waals surface area (Å²) in [5.74, 6) is 3.45. The van der Waals surface area contributed by atoms with Gasteiger partial charge in [0.2, 0.25) is 8.46 Å². The van der Waals surface area contributed by atoms with Gasteiger partial charge in [-0.05, 0) is 37.9 Å². The van der Waals surface area contributed by atoms with Gasteiger partial charge in [0.25, 0.3) is 0 Å². The van der Waals surface area contributed by atoms with E-state index in [1.165, 1.54) is 63.1 Å². The largest absolute Gasteiger partial charge is 0.384 e. The second-order valence-electron chi connectivity index (χ2n) is 7.23. The minimum Gasteiger partial charge on any atom is -0.343 e. The highest BCUT2D eigenvalue weighted by Gasteiger charge is 2.52. The van der Waals surface area contributed by atoms with Gasteiger partial charge in [0.15, 0.2) is 0 Å². The molecule has 0 aromatic rings. The lowest BCUT2D eigenvalue weighted by atomic mass is 10.1. The molecule has 3 atom stereocenters. The fourth-order valence-electron chi connectivity index (χ4n) is 2.70. The first kappa shape index (κ1) is 29.1. The molecule has 8 heteroatoms. The molecule has 0 radical (unpaired) electrons. The van der Waals surface area contributed by atoms with Crippen molar-refractivity contribution in [3.05, 3.63) is 0 Å². The molecule has 0 rings (SSSR count). The van der Waals surface area contributed by atoms with E-state index < -0.39 is 27.2 Å². The molecule has 0 heterocycles. The first-order valence-corrected chi connectivity index (χ1v) is 14.4. The molecular weight excluding hydrogens is 426 g/mol. The van der Waals surface area contributed by atoms with Crippen molar-refractivity contribution in [1.29, 1.82) is 0 Å². The minimum absolute atomic E-state index is 0.113. The molecule has 5 nitrogen and oxygen atoms in total. The number of rotatable bonds is 18. The van der Waals surface area contributed by atoms with E-state index in [0.717, 1.165) is 18.6 Å². The Labute approximate surface area is 184 Å². The normalized spacial score (nSPS) is 16.6. The second-order valence-corrected chi connectivity index (χ2v) is 11.2. The van der Waals surface area contributed by atoms with E-state index in [2.05, 4.69) is 18.1 Å². The van der Waals surface area contributed by atoms with E-state index in [4.69, 9.17) is 9.26 Å². The Hall–Kier alpha value is 0.120. The fraction of sp³-hybridized carbons (Fsp3) is 0.905. The van der Waals surface area contributed by atoms with Crippen LogP contribution in [0.4, 0.5) is 0 Å². The molecule has 0 aromatic carbocycles. The summed E-state index contributed by atoms with van der Waals surface area (Å²) in [6.45, 7) is 7.55. The molecule has 1 N–H and O–H groups in total. The zero-order valence-corrected chi connectivity index (χ0v) is 21.3. The van der Waals surface area contributed by atoms with Crippen LogP contribution in [-0.2, 0) is 18.4 Å². The van der Waals surface area contributed by atoms with Gasteiger partial charge in [0.1, 0.15) is 0 Å². The summed E-state index contributed by atoms with van der Waals surface area (Å²) in [4.78, 5) is 10.3. The maximum atomic E-state index is 12.7. The molecule has 0 fully saturated rings. The van der Waals surface area contributed by atoms with Crippen LogP contribution in [0.15, 0.2) is 0 Å². The van der Waals surface area contributed by atoms with Gasteiger partial charge in [-0.2, -0.15) is 0 Å². The predicted octanol–water partition coefficient (Wildman–Crippen LogP) is 7.58. The van der Waals surface area contributed by atoms with E-state index >= 15 is 0 Å². The standard InChI is InChI=1S/C21H40O5P2S/c1-5-8-9-10-11-12-13-14-15-16-18-29-19-17-21(27-22,25-7-3)28(23,24)26-20(4)6-2/h20H,5-16,18H2,1-4H3,(H,23,24). The minimum atomic E-state index is -4.34. The Kier molecular flexibility index (Phi) is 17.8. The van der Waals surface area contributed by atoms with Gasteiger partial charge in [-0.3, -0.25) is 9.13 Å². The Balaban J connectivity index is 4.32. The van der Waals surface area contributed by atoms with Gasteiger partial charge < -0.3 is 14.2 Å². The molecule has 0 saturated heterocycles.